The second-order valence-electron chi connectivity index (χ2n) is 4.16. The maximum atomic E-state index is 11.3. The van der Waals surface area contributed by atoms with Gasteiger partial charge >= 0.3 is 5.97 Å². The molecule has 1 heterocycles. The smallest absolute Gasteiger partial charge is 0.310 e. The van der Waals surface area contributed by atoms with Gasteiger partial charge in [-0.1, -0.05) is 30.3 Å². The van der Waals surface area contributed by atoms with E-state index in [0.29, 0.717) is 13.0 Å². The summed E-state index contributed by atoms with van der Waals surface area (Å²) in [6.45, 7) is 3.08. The number of ether oxygens (including phenoxy) is 1. The molecule has 0 unspecified atom stereocenters. The van der Waals surface area contributed by atoms with Crippen molar-refractivity contribution in [1.29, 1.82) is 0 Å². The van der Waals surface area contributed by atoms with Crippen LogP contribution in [0.1, 0.15) is 18.1 Å². The Balaban J connectivity index is 1.96. The van der Waals surface area contributed by atoms with E-state index >= 15 is 0 Å². The van der Waals surface area contributed by atoms with Gasteiger partial charge in [0.1, 0.15) is 0 Å². The van der Waals surface area contributed by atoms with Crippen LogP contribution < -0.4 is 0 Å². The second-order valence-corrected chi connectivity index (χ2v) is 4.16. The van der Waals surface area contributed by atoms with Crippen LogP contribution in [-0.4, -0.2) is 17.1 Å². The zero-order valence-corrected chi connectivity index (χ0v) is 10.5. The number of hydrogen-bond acceptors (Lipinski definition) is 2. The highest BCUT2D eigenvalue weighted by Crippen LogP contribution is 2.07. The Morgan fingerprint density at radius 3 is 2.67 bits per heavy atom. The lowest BCUT2D eigenvalue weighted by Gasteiger charge is -2.02. The van der Waals surface area contributed by atoms with Crippen molar-refractivity contribution in [2.75, 3.05) is 6.61 Å². The Hall–Kier alpha value is -2.03. The fraction of sp³-hybridized carbons (Fsp3) is 0.267. The third-order valence-corrected chi connectivity index (χ3v) is 2.67. The maximum Gasteiger partial charge on any atom is 0.310 e. The van der Waals surface area contributed by atoms with E-state index in [0.717, 1.165) is 12.1 Å². The van der Waals surface area contributed by atoms with E-state index in [1.54, 1.807) is 0 Å². The molecule has 0 fully saturated rings. The van der Waals surface area contributed by atoms with Crippen LogP contribution in [-0.2, 0) is 22.5 Å². The molecule has 0 aliphatic carbocycles. The molecule has 0 saturated carbocycles. The monoisotopic (exact) mass is 243 g/mol. The summed E-state index contributed by atoms with van der Waals surface area (Å²) in [7, 11) is 0. The van der Waals surface area contributed by atoms with Crippen molar-refractivity contribution in [1.82, 2.24) is 4.57 Å². The molecule has 18 heavy (non-hydrogen) atoms. The average Bonchev–Trinajstić information content (AvgIpc) is 2.78. The molecule has 1 aromatic heterocycles. The van der Waals surface area contributed by atoms with E-state index < -0.39 is 0 Å². The van der Waals surface area contributed by atoms with Gasteiger partial charge in [0.2, 0.25) is 0 Å². The summed E-state index contributed by atoms with van der Waals surface area (Å²) in [5, 5.41) is 0. The van der Waals surface area contributed by atoms with Gasteiger partial charge in [-0.05, 0) is 24.1 Å². The van der Waals surface area contributed by atoms with Gasteiger partial charge in [-0.3, -0.25) is 4.79 Å². The molecular formula is C15H17NO2. The third kappa shape index (κ3) is 3.48. The highest BCUT2D eigenvalue weighted by Gasteiger charge is 2.05. The van der Waals surface area contributed by atoms with Crippen molar-refractivity contribution in [2.24, 2.45) is 0 Å². The lowest BCUT2D eigenvalue weighted by molar-refractivity contribution is -0.142. The maximum absolute atomic E-state index is 11.3. The zero-order chi connectivity index (χ0) is 12.8. The van der Waals surface area contributed by atoms with Crippen molar-refractivity contribution in [3.8, 4) is 0 Å². The molecule has 0 aliphatic heterocycles. The highest BCUT2D eigenvalue weighted by atomic mass is 16.5. The summed E-state index contributed by atoms with van der Waals surface area (Å²) in [6.07, 6.45) is 4.32. The molecule has 3 nitrogen and oxygen atoms in total. The Kier molecular flexibility index (Phi) is 4.18. The summed E-state index contributed by atoms with van der Waals surface area (Å²) in [6, 6.07) is 12.2. The van der Waals surface area contributed by atoms with Crippen molar-refractivity contribution in [3.05, 3.63) is 59.9 Å². The number of carbonyl (C=O) groups excluding carboxylic acids is 1. The van der Waals surface area contributed by atoms with E-state index in [2.05, 4.69) is 16.7 Å². The van der Waals surface area contributed by atoms with Crippen LogP contribution in [0, 0.1) is 0 Å². The Morgan fingerprint density at radius 1 is 1.17 bits per heavy atom. The standard InChI is InChI=1S/C15H17NO2/c1-2-18-15(17)10-14-8-9-16(12-14)11-13-6-4-3-5-7-13/h3-9,12H,2,10-11H2,1H3. The molecule has 0 bridgehead atoms. The summed E-state index contributed by atoms with van der Waals surface area (Å²) >= 11 is 0. The molecule has 2 aromatic rings. The molecule has 1 aromatic carbocycles. The number of esters is 1. The normalized spacial score (nSPS) is 10.3. The van der Waals surface area contributed by atoms with Crippen LogP contribution in [0.5, 0.6) is 0 Å². The largest absolute Gasteiger partial charge is 0.466 e. The fourth-order valence-corrected chi connectivity index (χ4v) is 1.87. The minimum Gasteiger partial charge on any atom is -0.466 e. The van der Waals surface area contributed by atoms with Crippen molar-refractivity contribution >= 4 is 5.97 Å². The van der Waals surface area contributed by atoms with Gasteiger partial charge in [-0.15, -0.1) is 0 Å². The first-order valence-corrected chi connectivity index (χ1v) is 6.12. The van der Waals surface area contributed by atoms with E-state index in [1.807, 2.05) is 43.6 Å². The van der Waals surface area contributed by atoms with Gasteiger partial charge in [-0.25, -0.2) is 0 Å². The molecule has 0 saturated heterocycles. The van der Waals surface area contributed by atoms with Gasteiger partial charge < -0.3 is 9.30 Å². The van der Waals surface area contributed by atoms with E-state index in [1.165, 1.54) is 5.56 Å². The lowest BCUT2D eigenvalue weighted by atomic mass is 10.2. The third-order valence-electron chi connectivity index (χ3n) is 2.67. The first-order chi connectivity index (χ1) is 8.78. The molecule has 0 N–H and O–H groups in total. The van der Waals surface area contributed by atoms with Crippen molar-refractivity contribution in [3.63, 3.8) is 0 Å². The summed E-state index contributed by atoms with van der Waals surface area (Å²) in [5.41, 5.74) is 2.24. The summed E-state index contributed by atoms with van der Waals surface area (Å²) in [5.74, 6) is -0.171. The van der Waals surface area contributed by atoms with Gasteiger partial charge in [0.05, 0.1) is 13.0 Å². The molecule has 2 rings (SSSR count). The molecule has 0 atom stereocenters. The van der Waals surface area contributed by atoms with E-state index in [4.69, 9.17) is 4.74 Å². The Labute approximate surface area is 107 Å². The molecule has 94 valence electrons. The predicted octanol–water partition coefficient (Wildman–Crippen LogP) is 2.64. The number of carbonyl (C=O) groups is 1. The minimum atomic E-state index is -0.171. The van der Waals surface area contributed by atoms with Gasteiger partial charge in [0, 0.05) is 18.9 Å². The van der Waals surface area contributed by atoms with E-state index in [-0.39, 0.29) is 5.97 Å². The Bertz CT molecular complexity index is 502. The van der Waals surface area contributed by atoms with Crippen LogP contribution in [0.15, 0.2) is 48.8 Å². The molecule has 3 heteroatoms. The number of rotatable bonds is 5. The topological polar surface area (TPSA) is 31.2 Å². The van der Waals surface area contributed by atoms with Crippen molar-refractivity contribution < 1.29 is 9.53 Å². The summed E-state index contributed by atoms with van der Waals surface area (Å²) in [4.78, 5) is 11.3. The number of hydrogen-bond donors (Lipinski definition) is 0. The van der Waals surface area contributed by atoms with Crippen LogP contribution in [0.25, 0.3) is 0 Å². The minimum absolute atomic E-state index is 0.171. The highest BCUT2D eigenvalue weighted by molar-refractivity contribution is 5.72. The molecular weight excluding hydrogens is 226 g/mol. The first kappa shape index (κ1) is 12.4. The molecule has 0 aliphatic rings. The second kappa shape index (κ2) is 6.05. The lowest BCUT2D eigenvalue weighted by Crippen LogP contribution is -2.06. The molecule has 0 radical (unpaired) electrons. The molecule has 0 spiro atoms. The van der Waals surface area contributed by atoms with Gasteiger partial charge in [0.15, 0.2) is 0 Å². The van der Waals surface area contributed by atoms with Crippen molar-refractivity contribution in [2.45, 2.75) is 19.9 Å². The predicted molar refractivity (Wildman–Crippen MR) is 70.3 cm³/mol. The molecule has 0 amide bonds. The van der Waals surface area contributed by atoms with Crippen LogP contribution in [0.3, 0.4) is 0 Å². The van der Waals surface area contributed by atoms with Crippen LogP contribution in [0.4, 0.5) is 0 Å². The van der Waals surface area contributed by atoms with Gasteiger partial charge in [-0.2, -0.15) is 0 Å². The Morgan fingerprint density at radius 2 is 1.94 bits per heavy atom. The number of benzene rings is 1. The van der Waals surface area contributed by atoms with Crippen LogP contribution in [0.2, 0.25) is 0 Å². The summed E-state index contributed by atoms with van der Waals surface area (Å²) < 4.78 is 7.00. The number of nitrogens with zero attached hydrogens (tertiary/aromatic N) is 1. The van der Waals surface area contributed by atoms with Gasteiger partial charge in [0.25, 0.3) is 0 Å². The first-order valence-electron chi connectivity index (χ1n) is 6.12. The fourth-order valence-electron chi connectivity index (χ4n) is 1.87. The SMILES string of the molecule is CCOC(=O)Cc1ccn(Cc2ccccc2)c1. The van der Waals surface area contributed by atoms with Crippen LogP contribution >= 0.6 is 0 Å². The average molecular weight is 243 g/mol. The zero-order valence-electron chi connectivity index (χ0n) is 10.5. The quantitative estimate of drug-likeness (QED) is 0.756. The van der Waals surface area contributed by atoms with E-state index in [9.17, 15) is 4.79 Å². The number of aromatic nitrogens is 1.